The SMILES string of the molecule is CC1CN(C(=O)C(Cc2ccco2)c2ccc(Cl)cc2)CCO1. The summed E-state index contributed by atoms with van der Waals surface area (Å²) >= 11 is 5.98. The molecule has 1 aromatic heterocycles. The van der Waals surface area contributed by atoms with Gasteiger partial charge in [0.05, 0.1) is 24.9 Å². The number of nitrogens with zero attached hydrogens (tertiary/aromatic N) is 1. The second-order valence-electron chi connectivity index (χ2n) is 5.85. The molecule has 122 valence electrons. The average Bonchev–Trinajstić information content (AvgIpc) is 3.06. The van der Waals surface area contributed by atoms with Crippen molar-refractivity contribution >= 4 is 17.5 Å². The first kappa shape index (κ1) is 16.1. The molecular formula is C18H20ClNO3. The fraction of sp³-hybridized carbons (Fsp3) is 0.389. The third-order valence-electron chi connectivity index (χ3n) is 4.11. The molecule has 23 heavy (non-hydrogen) atoms. The first-order valence-corrected chi connectivity index (χ1v) is 8.19. The zero-order chi connectivity index (χ0) is 16.2. The molecule has 2 unspecified atom stereocenters. The van der Waals surface area contributed by atoms with Gasteiger partial charge in [-0.3, -0.25) is 4.79 Å². The molecule has 1 aromatic carbocycles. The summed E-state index contributed by atoms with van der Waals surface area (Å²) < 4.78 is 11.0. The maximum absolute atomic E-state index is 13.1. The van der Waals surface area contributed by atoms with Crippen LogP contribution in [0.3, 0.4) is 0 Å². The number of halogens is 1. The molecule has 1 fully saturated rings. The number of carbonyl (C=O) groups excluding carboxylic acids is 1. The Balaban J connectivity index is 1.84. The molecule has 0 radical (unpaired) electrons. The smallest absolute Gasteiger partial charge is 0.230 e. The highest BCUT2D eigenvalue weighted by atomic mass is 35.5. The zero-order valence-electron chi connectivity index (χ0n) is 13.1. The van der Waals surface area contributed by atoms with Crippen LogP contribution in [0.1, 0.15) is 24.2 Å². The van der Waals surface area contributed by atoms with E-state index in [2.05, 4.69) is 0 Å². The van der Waals surface area contributed by atoms with E-state index in [1.165, 1.54) is 0 Å². The van der Waals surface area contributed by atoms with Crippen LogP contribution in [0.15, 0.2) is 47.1 Å². The minimum absolute atomic E-state index is 0.0715. The van der Waals surface area contributed by atoms with Crippen LogP contribution >= 0.6 is 11.6 Å². The van der Waals surface area contributed by atoms with Crippen LogP contribution < -0.4 is 0 Å². The van der Waals surface area contributed by atoms with Gasteiger partial charge in [0.2, 0.25) is 5.91 Å². The first-order valence-electron chi connectivity index (χ1n) is 7.81. The van der Waals surface area contributed by atoms with Crippen molar-refractivity contribution in [3.8, 4) is 0 Å². The van der Waals surface area contributed by atoms with E-state index in [1.54, 1.807) is 6.26 Å². The van der Waals surface area contributed by atoms with Crippen molar-refractivity contribution in [3.05, 3.63) is 59.0 Å². The molecule has 0 N–H and O–H groups in total. The lowest BCUT2D eigenvalue weighted by Gasteiger charge is -2.33. The van der Waals surface area contributed by atoms with E-state index >= 15 is 0 Å². The average molecular weight is 334 g/mol. The Kier molecular flexibility index (Phi) is 5.03. The van der Waals surface area contributed by atoms with Gasteiger partial charge in [0.25, 0.3) is 0 Å². The van der Waals surface area contributed by atoms with Crippen molar-refractivity contribution < 1.29 is 13.9 Å². The van der Waals surface area contributed by atoms with Crippen molar-refractivity contribution in [1.82, 2.24) is 4.90 Å². The summed E-state index contributed by atoms with van der Waals surface area (Å²) in [5, 5.41) is 0.665. The summed E-state index contributed by atoms with van der Waals surface area (Å²) in [5.74, 6) is 0.641. The highest BCUT2D eigenvalue weighted by molar-refractivity contribution is 6.30. The molecule has 0 saturated carbocycles. The van der Waals surface area contributed by atoms with Crippen LogP contribution in [0.25, 0.3) is 0 Å². The summed E-state index contributed by atoms with van der Waals surface area (Å²) in [7, 11) is 0. The predicted octanol–water partition coefficient (Wildman–Crippen LogP) is 3.51. The van der Waals surface area contributed by atoms with Gasteiger partial charge < -0.3 is 14.1 Å². The van der Waals surface area contributed by atoms with Gasteiger partial charge in [0, 0.05) is 24.5 Å². The van der Waals surface area contributed by atoms with E-state index < -0.39 is 0 Å². The summed E-state index contributed by atoms with van der Waals surface area (Å²) in [5.41, 5.74) is 0.954. The Bertz CT molecular complexity index is 639. The van der Waals surface area contributed by atoms with Crippen LogP contribution in [0, 0.1) is 0 Å². The molecule has 5 heteroatoms. The Hall–Kier alpha value is -1.78. The van der Waals surface area contributed by atoms with Gasteiger partial charge in [-0.15, -0.1) is 0 Å². The van der Waals surface area contributed by atoms with Crippen LogP contribution in [0.5, 0.6) is 0 Å². The first-order chi connectivity index (χ1) is 11.1. The lowest BCUT2D eigenvalue weighted by molar-refractivity contribution is -0.139. The Morgan fingerprint density at radius 2 is 2.13 bits per heavy atom. The molecule has 2 aromatic rings. The number of benzene rings is 1. The summed E-state index contributed by atoms with van der Waals surface area (Å²) in [6.45, 7) is 3.83. The van der Waals surface area contributed by atoms with Crippen molar-refractivity contribution in [1.29, 1.82) is 0 Å². The normalized spacial score (nSPS) is 19.6. The van der Waals surface area contributed by atoms with Gasteiger partial charge in [-0.05, 0) is 36.8 Å². The number of furan rings is 1. The lowest BCUT2D eigenvalue weighted by atomic mass is 9.92. The minimum atomic E-state index is -0.274. The van der Waals surface area contributed by atoms with Crippen LogP contribution in [-0.2, 0) is 16.0 Å². The van der Waals surface area contributed by atoms with Crippen molar-refractivity contribution in [2.24, 2.45) is 0 Å². The van der Waals surface area contributed by atoms with E-state index in [0.29, 0.717) is 31.1 Å². The fourth-order valence-corrected chi connectivity index (χ4v) is 3.04. The van der Waals surface area contributed by atoms with E-state index in [4.69, 9.17) is 20.8 Å². The molecule has 1 amide bonds. The number of carbonyl (C=O) groups is 1. The van der Waals surface area contributed by atoms with Crippen molar-refractivity contribution in [2.45, 2.75) is 25.4 Å². The number of ether oxygens (including phenoxy) is 1. The third-order valence-corrected chi connectivity index (χ3v) is 4.36. The summed E-state index contributed by atoms with van der Waals surface area (Å²) in [6, 6.07) is 11.2. The molecule has 1 saturated heterocycles. The van der Waals surface area contributed by atoms with Gasteiger partial charge in [-0.1, -0.05) is 23.7 Å². The number of hydrogen-bond acceptors (Lipinski definition) is 3. The molecule has 2 heterocycles. The summed E-state index contributed by atoms with van der Waals surface area (Å²) in [4.78, 5) is 14.9. The van der Waals surface area contributed by atoms with Gasteiger partial charge in [-0.2, -0.15) is 0 Å². The number of hydrogen-bond donors (Lipinski definition) is 0. The summed E-state index contributed by atoms with van der Waals surface area (Å²) in [6.07, 6.45) is 2.25. The van der Waals surface area contributed by atoms with Crippen molar-refractivity contribution in [2.75, 3.05) is 19.7 Å². The fourth-order valence-electron chi connectivity index (χ4n) is 2.91. The van der Waals surface area contributed by atoms with Crippen LogP contribution in [0.4, 0.5) is 0 Å². The topological polar surface area (TPSA) is 42.7 Å². The second kappa shape index (κ2) is 7.20. The van der Waals surface area contributed by atoms with Gasteiger partial charge in [0.1, 0.15) is 5.76 Å². The van der Waals surface area contributed by atoms with E-state index in [-0.39, 0.29) is 17.9 Å². The zero-order valence-corrected chi connectivity index (χ0v) is 13.8. The molecule has 1 aliphatic rings. The molecule has 0 bridgehead atoms. The van der Waals surface area contributed by atoms with Crippen LogP contribution in [-0.4, -0.2) is 36.6 Å². The monoisotopic (exact) mass is 333 g/mol. The Labute approximate surface area is 141 Å². The Morgan fingerprint density at radius 3 is 2.78 bits per heavy atom. The van der Waals surface area contributed by atoms with Crippen LogP contribution in [0.2, 0.25) is 5.02 Å². The molecule has 2 atom stereocenters. The third kappa shape index (κ3) is 3.95. The second-order valence-corrected chi connectivity index (χ2v) is 6.29. The van der Waals surface area contributed by atoms with Gasteiger partial charge >= 0.3 is 0 Å². The van der Waals surface area contributed by atoms with Gasteiger partial charge in [-0.25, -0.2) is 0 Å². The number of amides is 1. The lowest BCUT2D eigenvalue weighted by Crippen LogP contribution is -2.46. The molecule has 4 nitrogen and oxygen atoms in total. The molecule has 3 rings (SSSR count). The molecule has 0 spiro atoms. The molecule has 1 aliphatic heterocycles. The maximum Gasteiger partial charge on any atom is 0.230 e. The highest BCUT2D eigenvalue weighted by Crippen LogP contribution is 2.26. The molecule has 0 aliphatic carbocycles. The Morgan fingerprint density at radius 1 is 1.35 bits per heavy atom. The largest absolute Gasteiger partial charge is 0.469 e. The quantitative estimate of drug-likeness (QED) is 0.860. The van der Waals surface area contributed by atoms with Crippen molar-refractivity contribution in [3.63, 3.8) is 0 Å². The minimum Gasteiger partial charge on any atom is -0.469 e. The van der Waals surface area contributed by atoms with E-state index in [0.717, 1.165) is 11.3 Å². The standard InChI is InChI=1S/C18H20ClNO3/c1-13-12-20(8-10-22-13)18(21)17(11-16-3-2-9-23-16)14-4-6-15(19)7-5-14/h2-7,9,13,17H,8,10-12H2,1H3. The maximum atomic E-state index is 13.1. The van der Waals surface area contributed by atoms with E-state index in [9.17, 15) is 4.79 Å². The highest BCUT2D eigenvalue weighted by Gasteiger charge is 2.29. The number of rotatable bonds is 4. The van der Waals surface area contributed by atoms with E-state index in [1.807, 2.05) is 48.2 Å². The number of morpholine rings is 1. The predicted molar refractivity (Wildman–Crippen MR) is 88.6 cm³/mol. The molecular weight excluding hydrogens is 314 g/mol. The van der Waals surface area contributed by atoms with Gasteiger partial charge in [0.15, 0.2) is 0 Å².